The van der Waals surface area contributed by atoms with Gasteiger partial charge in [-0.2, -0.15) is 0 Å². The van der Waals surface area contributed by atoms with Gasteiger partial charge in [0.2, 0.25) is 0 Å². The third-order valence-electron chi connectivity index (χ3n) is 0. The fraction of sp³-hybridized carbons (Fsp3) is 0.333. The molecular formula is C6H12W2. The Morgan fingerprint density at radius 3 is 0.625 bits per heavy atom. The molecule has 2 heteroatoms. The fourth-order valence-electron chi connectivity index (χ4n) is 0. The van der Waals surface area contributed by atoms with Gasteiger partial charge in [-0.25, -0.2) is 0 Å². The Kier molecular flexibility index (Phi) is 114. The average molecular weight is 452 g/mol. The Bertz CT molecular complexity index is 8.49. The van der Waals surface area contributed by atoms with Crippen LogP contribution in [-0.4, -0.2) is 0 Å². The zero-order chi connectivity index (χ0) is 5.41. The minimum Gasteiger partial charge on any atom is -0.372 e. The summed E-state index contributed by atoms with van der Waals surface area (Å²) in [7, 11) is 0. The normalized spacial score (nSPS) is 4.50. The van der Waals surface area contributed by atoms with Crippen molar-refractivity contribution in [1.82, 2.24) is 0 Å². The van der Waals surface area contributed by atoms with E-state index in [-0.39, 0.29) is 42.1 Å². The first-order chi connectivity index (χ1) is 2.83. The molecule has 0 aliphatic rings. The maximum absolute atomic E-state index is 3.38. The van der Waals surface area contributed by atoms with Crippen LogP contribution in [0.4, 0.5) is 0 Å². The van der Waals surface area contributed by atoms with Crippen LogP contribution in [0.2, 0.25) is 0 Å². The van der Waals surface area contributed by atoms with E-state index in [1.54, 1.807) is 0 Å². The van der Waals surface area contributed by atoms with Crippen LogP contribution in [0.3, 0.4) is 0 Å². The summed E-state index contributed by atoms with van der Waals surface area (Å²) >= 11 is 0. The number of hydrogen-bond donors (Lipinski definition) is 0. The van der Waals surface area contributed by atoms with Gasteiger partial charge >= 0.3 is 42.1 Å². The Hall–Kier alpha value is 1.38. The number of hydrogen-bond acceptors (Lipinski definition) is 0. The molecule has 0 nitrogen and oxygen atoms in total. The molecule has 0 bridgehead atoms. The Morgan fingerprint density at radius 2 is 0.625 bits per heavy atom. The van der Waals surface area contributed by atoms with Crippen molar-refractivity contribution in [1.29, 1.82) is 0 Å². The third-order valence-corrected chi connectivity index (χ3v) is 0. The maximum Gasteiger partial charge on any atom is 2.00 e. The zero-order valence-electron chi connectivity index (χ0n) is 5.06. The molecule has 0 heterocycles. The molecule has 0 aromatic rings. The van der Waals surface area contributed by atoms with Gasteiger partial charge in [0.25, 0.3) is 0 Å². The van der Waals surface area contributed by atoms with E-state index in [2.05, 4.69) is 27.7 Å². The summed E-state index contributed by atoms with van der Waals surface area (Å²) in [5.74, 6) is 0. The minimum absolute atomic E-state index is 0. The molecule has 0 radical (unpaired) electrons. The maximum atomic E-state index is 3.38. The zero-order valence-corrected chi connectivity index (χ0v) is 10.9. The van der Waals surface area contributed by atoms with E-state index in [1.165, 1.54) is 0 Å². The van der Waals surface area contributed by atoms with Gasteiger partial charge in [0.1, 0.15) is 0 Å². The van der Waals surface area contributed by atoms with Crippen LogP contribution in [0.1, 0.15) is 12.8 Å². The van der Waals surface area contributed by atoms with E-state index < -0.39 is 0 Å². The molecule has 0 aromatic carbocycles. The average Bonchev–Trinajstić information content (AvgIpc) is 1.39. The van der Waals surface area contributed by atoms with Gasteiger partial charge in [0.05, 0.1) is 0 Å². The summed E-state index contributed by atoms with van der Waals surface area (Å²) < 4.78 is 0. The predicted molar refractivity (Wildman–Crippen MR) is 30.7 cm³/mol. The van der Waals surface area contributed by atoms with E-state index in [0.29, 0.717) is 0 Å². The summed E-state index contributed by atoms with van der Waals surface area (Å²) in [6.07, 6.45) is 1.50. The van der Waals surface area contributed by atoms with Gasteiger partial charge in [-0.15, -0.1) is 0 Å². The van der Waals surface area contributed by atoms with E-state index in [0.717, 1.165) is 12.8 Å². The summed E-state index contributed by atoms with van der Waals surface area (Å²) in [6.45, 7) is 13.5. The molecule has 0 spiro atoms. The standard InChI is InChI=1S/2C3H6.2W/c2*1-3-2;;/h2*1-3H2;;/q2*-2;2*+2. The van der Waals surface area contributed by atoms with Crippen LogP contribution in [0.5, 0.6) is 0 Å². The summed E-state index contributed by atoms with van der Waals surface area (Å²) in [5.41, 5.74) is 0. The molecule has 8 heavy (non-hydrogen) atoms. The van der Waals surface area contributed by atoms with Crippen molar-refractivity contribution in [2.24, 2.45) is 0 Å². The van der Waals surface area contributed by atoms with Gasteiger partial charge < -0.3 is 40.5 Å². The molecule has 0 atom stereocenters. The molecule has 0 saturated heterocycles. The summed E-state index contributed by atoms with van der Waals surface area (Å²) in [4.78, 5) is 0. The van der Waals surface area contributed by atoms with Gasteiger partial charge in [-0.05, 0) is 0 Å². The van der Waals surface area contributed by atoms with Gasteiger partial charge in [0, 0.05) is 0 Å². The second kappa shape index (κ2) is 40.0. The molecule has 0 aliphatic carbocycles. The largest absolute Gasteiger partial charge is 2.00 e. The van der Waals surface area contributed by atoms with E-state index in [9.17, 15) is 0 Å². The Labute approximate surface area is 82.3 Å². The molecule has 0 aliphatic heterocycles. The van der Waals surface area contributed by atoms with Crippen LogP contribution >= 0.6 is 0 Å². The SMILES string of the molecule is [CH2-]C[CH2-].[CH2-]C[CH2-].[W+2].[W+2]. The predicted octanol–water partition coefficient (Wildman–Crippen LogP) is 2.08. The number of rotatable bonds is 0. The second-order valence-electron chi connectivity index (χ2n) is 0.707. The van der Waals surface area contributed by atoms with E-state index >= 15 is 0 Å². The first kappa shape index (κ1) is 22.8. The Morgan fingerprint density at radius 1 is 0.625 bits per heavy atom. The van der Waals surface area contributed by atoms with E-state index in [4.69, 9.17) is 0 Å². The molecular weight excluding hydrogens is 440 g/mol. The quantitative estimate of drug-likeness (QED) is 0.495. The van der Waals surface area contributed by atoms with Crippen molar-refractivity contribution in [3.8, 4) is 0 Å². The fourth-order valence-corrected chi connectivity index (χ4v) is 0. The molecule has 0 N–H and O–H groups in total. The van der Waals surface area contributed by atoms with Crippen molar-refractivity contribution in [2.45, 2.75) is 12.8 Å². The monoisotopic (exact) mass is 452 g/mol. The van der Waals surface area contributed by atoms with Crippen molar-refractivity contribution < 1.29 is 42.1 Å². The van der Waals surface area contributed by atoms with Crippen LogP contribution in [-0.2, 0) is 42.1 Å². The molecule has 0 aromatic heterocycles. The molecule has 0 fully saturated rings. The summed E-state index contributed by atoms with van der Waals surface area (Å²) in [5, 5.41) is 0. The van der Waals surface area contributed by atoms with Gasteiger partial charge in [-0.3, -0.25) is 0 Å². The second-order valence-corrected chi connectivity index (χ2v) is 0.707. The smallest absolute Gasteiger partial charge is 0.372 e. The topological polar surface area (TPSA) is 0 Å². The molecule has 0 amide bonds. The van der Waals surface area contributed by atoms with Crippen LogP contribution in [0.25, 0.3) is 0 Å². The molecule has 0 rings (SSSR count). The van der Waals surface area contributed by atoms with Crippen molar-refractivity contribution in [2.75, 3.05) is 0 Å². The summed E-state index contributed by atoms with van der Waals surface area (Å²) in [6, 6.07) is 0. The third kappa shape index (κ3) is 158. The van der Waals surface area contributed by atoms with Crippen molar-refractivity contribution >= 4 is 0 Å². The van der Waals surface area contributed by atoms with Crippen LogP contribution in [0, 0.1) is 27.7 Å². The van der Waals surface area contributed by atoms with Crippen LogP contribution in [0.15, 0.2) is 0 Å². The van der Waals surface area contributed by atoms with Crippen molar-refractivity contribution in [3.05, 3.63) is 27.7 Å². The van der Waals surface area contributed by atoms with Gasteiger partial charge in [0.15, 0.2) is 0 Å². The first-order valence-electron chi connectivity index (χ1n) is 2.00. The molecule has 0 unspecified atom stereocenters. The Balaban J connectivity index is -0.0000000160. The van der Waals surface area contributed by atoms with Gasteiger partial charge in [-0.1, -0.05) is 0 Å². The van der Waals surface area contributed by atoms with Crippen molar-refractivity contribution in [3.63, 3.8) is 0 Å². The molecule has 0 saturated carbocycles. The first-order valence-corrected chi connectivity index (χ1v) is 2.00. The minimum atomic E-state index is 0. The van der Waals surface area contributed by atoms with Crippen LogP contribution < -0.4 is 0 Å². The van der Waals surface area contributed by atoms with E-state index in [1.807, 2.05) is 0 Å². The molecule has 48 valence electrons.